The lowest BCUT2D eigenvalue weighted by molar-refractivity contribution is -0.140. The molecule has 0 saturated carbocycles. The largest absolute Gasteiger partial charge is 0.481 e. The van der Waals surface area contributed by atoms with Crippen LogP contribution in [0.4, 0.5) is 62.3 Å². The summed E-state index contributed by atoms with van der Waals surface area (Å²) in [4.78, 5) is 165. The van der Waals surface area contributed by atoms with Crippen LogP contribution in [0.15, 0.2) is 55.0 Å². The Kier molecular flexibility index (Phi) is 43.1. The molecule has 6 aliphatic rings. The number of carbonyl (C=O) groups excluding carboxylic acids is 11. The zero-order valence-corrected chi connectivity index (χ0v) is 75.0. The average Bonchev–Trinajstić information content (AvgIpc) is 1.67. The Bertz CT molecular complexity index is 4670. The Labute approximate surface area is 752 Å². The van der Waals surface area contributed by atoms with Crippen molar-refractivity contribution in [1.29, 1.82) is 21.0 Å². The number of halogens is 12. The van der Waals surface area contributed by atoms with Gasteiger partial charge in [-0.05, 0) is 98.7 Å². The van der Waals surface area contributed by atoms with Gasteiger partial charge < -0.3 is 88.4 Å². The highest BCUT2D eigenvalue weighted by Gasteiger charge is 2.53. The van der Waals surface area contributed by atoms with Crippen molar-refractivity contribution in [3.63, 3.8) is 0 Å². The number of primary amides is 2. The van der Waals surface area contributed by atoms with Crippen molar-refractivity contribution in [1.82, 2.24) is 66.0 Å². The second kappa shape index (κ2) is 49.4. The number of aliphatic carboxylic acids is 1. The van der Waals surface area contributed by atoms with Crippen LogP contribution in [0.25, 0.3) is 0 Å². The number of alkyl carbamates (subject to hydrolysis) is 2. The molecule has 0 spiro atoms. The van der Waals surface area contributed by atoms with Gasteiger partial charge in [-0.2, -0.15) is 21.0 Å². The zero-order chi connectivity index (χ0) is 102. The molecule has 15 N–H and O–H groups in total. The molecule has 9 atom stereocenters. The molecule has 6 fully saturated rings. The summed E-state index contributed by atoms with van der Waals surface area (Å²) in [6, 6.07) is 5.85. The number of alkyl halides is 12. The molecule has 11 amide bonds. The van der Waals surface area contributed by atoms with Crippen molar-refractivity contribution in [2.45, 2.75) is 263 Å². The van der Waals surface area contributed by atoms with Gasteiger partial charge in [0, 0.05) is 86.6 Å². The normalized spacial score (nSPS) is 20.6. The maximum absolute atomic E-state index is 13.6. The molecular weight excluding hydrogens is 1780 g/mol. The van der Waals surface area contributed by atoms with Crippen LogP contribution in [0, 0.1) is 63.1 Å². The van der Waals surface area contributed by atoms with E-state index in [2.05, 4.69) is 41.5 Å². The smallest absolute Gasteiger partial charge is 0.407 e. The Morgan fingerprint density at radius 3 is 1.05 bits per heavy atom. The second-order valence-electron chi connectivity index (χ2n) is 33.8. The molecule has 3 aromatic heterocycles. The maximum Gasteiger partial charge on any atom is 0.407 e. The van der Waals surface area contributed by atoms with E-state index < -0.39 is 256 Å². The Hall–Kier alpha value is -12.8. The van der Waals surface area contributed by atoms with Crippen LogP contribution >= 0.6 is 0 Å². The molecule has 38 nitrogen and oxygen atoms in total. The predicted molar refractivity (Wildman–Crippen MR) is 441 cm³/mol. The van der Waals surface area contributed by atoms with Crippen molar-refractivity contribution in [3.05, 3.63) is 88.8 Å². The number of aromatic nitrogens is 3. The van der Waals surface area contributed by atoms with E-state index in [0.29, 0.717) is 17.1 Å². The predicted octanol–water partition coefficient (Wildman–Crippen LogP) is 6.26. The van der Waals surface area contributed by atoms with Crippen LogP contribution in [-0.4, -0.2) is 267 Å². The van der Waals surface area contributed by atoms with Crippen molar-refractivity contribution >= 4 is 77.3 Å². The summed E-state index contributed by atoms with van der Waals surface area (Å²) in [7, 11) is 0. The number of aromatic carboxylic acids is 1. The van der Waals surface area contributed by atoms with Gasteiger partial charge >= 0.3 is 24.1 Å². The van der Waals surface area contributed by atoms with Gasteiger partial charge in [-0.25, -0.2) is 67.1 Å². The summed E-state index contributed by atoms with van der Waals surface area (Å²) in [6.07, 6.45) is -0.740. The highest BCUT2D eigenvalue weighted by atomic mass is 19.3. The van der Waals surface area contributed by atoms with Crippen LogP contribution in [0.1, 0.15) is 191 Å². The van der Waals surface area contributed by atoms with Gasteiger partial charge in [0.15, 0.2) is 0 Å². The molecule has 730 valence electrons. The number of carboxylic acids is 2. The lowest BCUT2D eigenvalue weighted by Gasteiger charge is -2.23. The van der Waals surface area contributed by atoms with Crippen LogP contribution < -0.4 is 49.5 Å². The lowest BCUT2D eigenvalue weighted by atomic mass is 10.1. The number of nitrogens with one attached hydrogen (secondary N) is 5. The van der Waals surface area contributed by atoms with Gasteiger partial charge in [-0.1, -0.05) is 41.5 Å². The number of nitrogens with zero attached hydrogens (tertiary/aromatic N) is 12. The molecule has 9 heterocycles. The van der Waals surface area contributed by atoms with E-state index in [-0.39, 0.29) is 54.1 Å². The van der Waals surface area contributed by atoms with E-state index in [9.17, 15) is 115 Å². The summed E-state index contributed by atoms with van der Waals surface area (Å²) >= 11 is 0. The number of rotatable bonds is 18. The number of amides is 11. The van der Waals surface area contributed by atoms with Gasteiger partial charge in [-0.3, -0.25) is 68.2 Å². The number of likely N-dealkylation sites (tertiary alicyclic amines) is 5. The van der Waals surface area contributed by atoms with Gasteiger partial charge in [0.05, 0.1) is 117 Å². The van der Waals surface area contributed by atoms with E-state index in [4.69, 9.17) is 63.7 Å². The monoisotopic (exact) mass is 1890 g/mol. The number of carboxylic acid groups (broad SMARTS) is 2. The fourth-order valence-corrected chi connectivity index (χ4v) is 12.1. The Morgan fingerprint density at radius 2 is 0.765 bits per heavy atom. The molecule has 9 rings (SSSR count). The fraction of sp³-hybridized carbons (Fsp3) is 0.610. The van der Waals surface area contributed by atoms with Gasteiger partial charge in [0.1, 0.15) is 53.5 Å². The van der Waals surface area contributed by atoms with Crippen molar-refractivity contribution in [2.24, 2.45) is 40.7 Å². The first-order valence-electron chi connectivity index (χ1n) is 40.5. The van der Waals surface area contributed by atoms with E-state index >= 15 is 0 Å². The molecule has 0 aliphatic carbocycles. The zero-order valence-electron chi connectivity index (χ0n) is 75.0. The highest BCUT2D eigenvalue weighted by molar-refractivity contribution is 5.99. The molecule has 50 heteroatoms. The number of hydrogen-bond donors (Lipinski definition) is 11. The van der Waals surface area contributed by atoms with Crippen molar-refractivity contribution < 1.29 is 135 Å². The molecule has 6 saturated heterocycles. The van der Waals surface area contributed by atoms with Crippen LogP contribution in [0.2, 0.25) is 0 Å². The van der Waals surface area contributed by atoms with Gasteiger partial charge in [-0.15, -0.1) is 0 Å². The fourth-order valence-electron chi connectivity index (χ4n) is 12.1. The quantitative estimate of drug-likeness (QED) is 0.0626. The van der Waals surface area contributed by atoms with Gasteiger partial charge in [0.25, 0.3) is 47.3 Å². The average molecular weight is 1890 g/mol. The van der Waals surface area contributed by atoms with E-state index in [1.54, 1.807) is 107 Å². The topological polar surface area (TPSA) is 595 Å². The third kappa shape index (κ3) is 39.5. The van der Waals surface area contributed by atoms with E-state index in [1.165, 1.54) is 75.8 Å². The summed E-state index contributed by atoms with van der Waals surface area (Å²) in [5.41, 5.74) is 21.2. The summed E-state index contributed by atoms with van der Waals surface area (Å²) in [5.74, 6) is -26.3. The van der Waals surface area contributed by atoms with Crippen LogP contribution in [0.5, 0.6) is 0 Å². The van der Waals surface area contributed by atoms with Crippen molar-refractivity contribution in [3.8, 4) is 24.3 Å². The minimum Gasteiger partial charge on any atom is -0.481 e. The molecule has 0 bridgehead atoms. The standard InChI is InChI=1S/C20H25F2N5O4.C15H17F2N5O2.C12H16N2O4.C9H14F2N2O2.C9H12F2N2O.C8H11F2N3O.C5H8F2N2O.C4H8O2/c1-12(17(29)27-11-20(21,22)8-15(27)9-23)26-16(28)13-5-6-24-14(7-13)10-25-18(30)31-19(2,3)4;1-9(14(24)22-8-15(16,17)5-12(22)7-19)21-13(23)10-2-3-20-11(4-10)6-18;1-12(2,3)18-11(17)14-7-9-6-8(10(15)16)4-5-13-9;1-5(2)8(15)13-4-9(10,11)3-6(13)7(12)14;1-6(2)8(14)13-5-9(10,11)3-7(13)4-12;1-5(12)7(14)13-4-8(9,10)2-6(13)3-11;6-5(7)1-3(4(8)10)9-2-5;1-3(2)4(5)6/h5-7,12,15H,8,10-11H2,1-4H3,(H,25,30)(H,26,28);2-4,9,12H,5-6,8,18H2,1H3,(H,21,23);4-6H,7H2,1-3H3,(H,14,17)(H,15,16);5-6H,3-4H2,1-2H3,(H2,12,14);6-7H,3,5H2,1-2H3;5-6H,2,4,12H2,1H3;3,9H,1-2H2,(H2,8,10);3H,1-2H3,(H,5,6)/t12-,15+;9-,12+;;6-;7-;5-,6+;3-;/m11.0010./s1. The van der Waals surface area contributed by atoms with E-state index in [1.807, 2.05) is 0 Å². The highest BCUT2D eigenvalue weighted by Crippen LogP contribution is 2.37. The maximum atomic E-state index is 13.6. The van der Waals surface area contributed by atoms with E-state index in [0.717, 1.165) is 24.5 Å². The SMILES string of the molecule is CC(C)(C)OC(=O)NCc1cc(C(=O)O)ccn1.CC(C)C(=O)N1CC(F)(F)C[C@H]1C#N.CC(C)C(=O)N1CC(F)(F)C[C@H]1C(N)=O.CC(C)C(=O)O.C[C@@H](N)C(=O)N1CC(F)(F)C[C@H]1C#N.C[C@@H](NC(=O)c1ccnc(CN)c1)C(=O)N1CC(F)(F)C[C@H]1C#N.C[C@@H](NC(=O)c1ccnc(CNC(=O)OC(C)(C)C)c1)C(=O)N1CC(F)(F)C[C@H]1C#N.NC(=O)[C@@H]1CC(F)(F)CN1. The Balaban J connectivity index is 0.000000529. The molecule has 132 heavy (non-hydrogen) atoms. The molecule has 0 aromatic carbocycles. The summed E-state index contributed by atoms with van der Waals surface area (Å²) in [5, 5.41) is 64.2. The van der Waals surface area contributed by atoms with Gasteiger partial charge in [0.2, 0.25) is 41.4 Å². The molecule has 0 radical (unpaired) electrons. The lowest BCUT2D eigenvalue weighted by Crippen LogP contribution is -2.48. The summed E-state index contributed by atoms with van der Waals surface area (Å²) in [6.45, 7) is 20.5. The first-order chi connectivity index (χ1) is 60.5. The second-order valence-corrected chi connectivity index (χ2v) is 33.8. The molecule has 6 aliphatic heterocycles. The number of nitriles is 4. The third-order valence-corrected chi connectivity index (χ3v) is 18.5. The molecule has 3 aromatic rings. The number of carbonyl (C=O) groups is 13. The summed E-state index contributed by atoms with van der Waals surface area (Å²) < 4.78 is 166. The minimum absolute atomic E-state index is 0.0111. The number of ether oxygens (including phenoxy) is 2. The molecular formula is C82H111F12N21O17. The third-order valence-electron chi connectivity index (χ3n) is 18.5. The van der Waals surface area contributed by atoms with Crippen LogP contribution in [-0.2, 0) is 67.5 Å². The van der Waals surface area contributed by atoms with Crippen LogP contribution in [0.3, 0.4) is 0 Å². The first kappa shape index (κ1) is 115. The Morgan fingerprint density at radius 1 is 0.462 bits per heavy atom. The number of pyridine rings is 3. The minimum atomic E-state index is -3.14. The molecule has 0 unspecified atom stereocenters. The number of nitrogens with two attached hydrogens (primary N) is 4. The first-order valence-corrected chi connectivity index (χ1v) is 40.5. The number of hydrogen-bond acceptors (Lipinski definition) is 25. The van der Waals surface area contributed by atoms with Crippen molar-refractivity contribution in [2.75, 3.05) is 39.3 Å².